The quantitative estimate of drug-likeness (QED) is 0.865. The minimum Gasteiger partial charge on any atom is -0.339 e. The third kappa shape index (κ3) is 2.41. The van der Waals surface area contributed by atoms with E-state index in [9.17, 15) is 4.79 Å². The summed E-state index contributed by atoms with van der Waals surface area (Å²) in [5, 5.41) is 4.16. The first-order chi connectivity index (χ1) is 11.8. The van der Waals surface area contributed by atoms with Gasteiger partial charge in [-0.15, -0.1) is 0 Å². The Kier molecular flexibility index (Phi) is 3.18. The van der Waals surface area contributed by atoms with E-state index in [2.05, 4.69) is 21.2 Å². The van der Waals surface area contributed by atoms with Crippen molar-refractivity contribution in [2.45, 2.75) is 50.0 Å². The third-order valence-electron chi connectivity index (χ3n) is 5.44. The Bertz CT molecular complexity index is 755. The Morgan fingerprint density at radius 3 is 3.00 bits per heavy atom. The molecule has 0 bridgehead atoms. The Hall–Kier alpha value is -2.24. The van der Waals surface area contributed by atoms with Gasteiger partial charge in [0.25, 0.3) is 0 Å². The number of nitrogens with zero attached hydrogens (tertiary/aromatic N) is 4. The third-order valence-corrected chi connectivity index (χ3v) is 5.44. The lowest BCUT2D eigenvalue weighted by Gasteiger charge is -2.22. The number of carbonyl (C=O) groups is 1. The maximum absolute atomic E-state index is 12.9. The van der Waals surface area contributed by atoms with Crippen LogP contribution in [0.15, 0.2) is 29.0 Å². The normalized spacial score (nSPS) is 29.0. The van der Waals surface area contributed by atoms with Crippen LogP contribution in [0, 0.1) is 5.92 Å². The van der Waals surface area contributed by atoms with Crippen molar-refractivity contribution in [1.82, 2.24) is 20.0 Å². The molecule has 2 saturated carbocycles. The molecular formula is C18H20N4O2. The number of carbonyl (C=O) groups excluding carboxylic acids is 1. The van der Waals surface area contributed by atoms with Gasteiger partial charge in [0, 0.05) is 30.8 Å². The van der Waals surface area contributed by atoms with E-state index in [0.717, 1.165) is 44.5 Å². The number of likely N-dealkylation sites (tertiary alicyclic amines) is 1. The van der Waals surface area contributed by atoms with Gasteiger partial charge < -0.3 is 9.42 Å². The van der Waals surface area contributed by atoms with Gasteiger partial charge in [-0.2, -0.15) is 4.98 Å². The highest BCUT2D eigenvalue weighted by Crippen LogP contribution is 2.50. The molecule has 124 valence electrons. The second-order valence-corrected chi connectivity index (χ2v) is 7.19. The molecule has 3 atom stereocenters. The smallest absolute Gasteiger partial charge is 0.229 e. The van der Waals surface area contributed by atoms with Crippen LogP contribution in [0.1, 0.15) is 67.3 Å². The van der Waals surface area contributed by atoms with Gasteiger partial charge in [-0.1, -0.05) is 11.2 Å². The van der Waals surface area contributed by atoms with E-state index in [4.69, 9.17) is 4.52 Å². The summed E-state index contributed by atoms with van der Waals surface area (Å²) in [6.07, 6.45) is 8.79. The fourth-order valence-electron chi connectivity index (χ4n) is 3.82. The van der Waals surface area contributed by atoms with Crippen LogP contribution in [0.3, 0.4) is 0 Å². The van der Waals surface area contributed by atoms with Crippen molar-refractivity contribution in [3.05, 3.63) is 41.8 Å². The van der Waals surface area contributed by atoms with E-state index in [1.165, 1.54) is 5.56 Å². The largest absolute Gasteiger partial charge is 0.339 e. The second-order valence-electron chi connectivity index (χ2n) is 7.19. The van der Waals surface area contributed by atoms with E-state index in [-0.39, 0.29) is 17.9 Å². The van der Waals surface area contributed by atoms with E-state index >= 15 is 0 Å². The second kappa shape index (κ2) is 5.40. The average molecular weight is 324 g/mol. The summed E-state index contributed by atoms with van der Waals surface area (Å²) >= 11 is 0. The van der Waals surface area contributed by atoms with E-state index in [1.54, 1.807) is 6.20 Å². The van der Waals surface area contributed by atoms with Gasteiger partial charge in [0.05, 0.1) is 6.04 Å². The predicted molar refractivity (Wildman–Crippen MR) is 85.0 cm³/mol. The Morgan fingerprint density at radius 2 is 2.21 bits per heavy atom. The van der Waals surface area contributed by atoms with Crippen LogP contribution in [0.5, 0.6) is 0 Å². The van der Waals surface area contributed by atoms with Gasteiger partial charge in [-0.3, -0.25) is 9.78 Å². The number of amides is 1. The maximum atomic E-state index is 12.9. The van der Waals surface area contributed by atoms with Crippen molar-refractivity contribution in [2.75, 3.05) is 6.54 Å². The monoisotopic (exact) mass is 324 g/mol. The molecule has 24 heavy (non-hydrogen) atoms. The first-order valence-corrected chi connectivity index (χ1v) is 8.85. The Labute approximate surface area is 140 Å². The van der Waals surface area contributed by atoms with Gasteiger partial charge in [0.2, 0.25) is 11.8 Å². The van der Waals surface area contributed by atoms with Crippen LogP contribution in [0.2, 0.25) is 0 Å². The summed E-state index contributed by atoms with van der Waals surface area (Å²) in [5.74, 6) is 2.55. The molecule has 3 heterocycles. The van der Waals surface area contributed by atoms with Crippen LogP contribution in [0.4, 0.5) is 0 Å². The SMILES string of the molecule is O=C([C@@H]1C[C@H]1c1cccnc1)N1CCC[C@H]1c1noc(C2CC2)n1. The molecule has 0 spiro atoms. The Balaban J connectivity index is 1.31. The fourth-order valence-corrected chi connectivity index (χ4v) is 3.82. The number of aromatic nitrogens is 3. The molecule has 1 amide bonds. The van der Waals surface area contributed by atoms with Crippen LogP contribution < -0.4 is 0 Å². The maximum Gasteiger partial charge on any atom is 0.229 e. The molecule has 2 aromatic rings. The van der Waals surface area contributed by atoms with E-state index in [1.807, 2.05) is 17.2 Å². The van der Waals surface area contributed by atoms with Gasteiger partial charge in [-0.25, -0.2) is 0 Å². The van der Waals surface area contributed by atoms with Gasteiger partial charge in [0.15, 0.2) is 5.82 Å². The van der Waals surface area contributed by atoms with Crippen LogP contribution >= 0.6 is 0 Å². The molecule has 2 aliphatic carbocycles. The molecule has 0 N–H and O–H groups in total. The highest BCUT2D eigenvalue weighted by molar-refractivity contribution is 5.83. The lowest BCUT2D eigenvalue weighted by Crippen LogP contribution is -2.32. The van der Waals surface area contributed by atoms with Crippen molar-refractivity contribution >= 4 is 5.91 Å². The molecule has 5 rings (SSSR count). The molecular weight excluding hydrogens is 304 g/mol. The minimum atomic E-state index is -0.0103. The number of hydrogen-bond donors (Lipinski definition) is 0. The zero-order valence-electron chi connectivity index (χ0n) is 13.5. The molecule has 1 aliphatic heterocycles. The summed E-state index contributed by atoms with van der Waals surface area (Å²) < 4.78 is 5.39. The summed E-state index contributed by atoms with van der Waals surface area (Å²) in [6, 6.07) is 3.99. The summed E-state index contributed by atoms with van der Waals surface area (Å²) in [4.78, 5) is 23.7. The highest BCUT2D eigenvalue weighted by Gasteiger charge is 2.48. The number of rotatable bonds is 4. The lowest BCUT2D eigenvalue weighted by atomic mass is 10.1. The minimum absolute atomic E-state index is 0.0103. The predicted octanol–water partition coefficient (Wildman–Crippen LogP) is 2.81. The van der Waals surface area contributed by atoms with Crippen molar-refractivity contribution in [3.63, 3.8) is 0 Å². The highest BCUT2D eigenvalue weighted by atomic mass is 16.5. The number of hydrogen-bond acceptors (Lipinski definition) is 5. The van der Waals surface area contributed by atoms with Crippen molar-refractivity contribution in [3.8, 4) is 0 Å². The molecule has 3 aliphatic rings. The van der Waals surface area contributed by atoms with Crippen molar-refractivity contribution in [2.24, 2.45) is 5.92 Å². The van der Waals surface area contributed by atoms with Crippen molar-refractivity contribution in [1.29, 1.82) is 0 Å². The lowest BCUT2D eigenvalue weighted by molar-refractivity contribution is -0.133. The van der Waals surface area contributed by atoms with Gasteiger partial charge >= 0.3 is 0 Å². The molecule has 6 nitrogen and oxygen atoms in total. The fraction of sp³-hybridized carbons (Fsp3) is 0.556. The molecule has 0 aromatic carbocycles. The van der Waals surface area contributed by atoms with Crippen molar-refractivity contribution < 1.29 is 9.32 Å². The van der Waals surface area contributed by atoms with E-state index in [0.29, 0.717) is 17.7 Å². The average Bonchev–Trinajstić information content (AvgIpc) is 3.52. The summed E-state index contributed by atoms with van der Waals surface area (Å²) in [5.41, 5.74) is 1.17. The van der Waals surface area contributed by atoms with E-state index < -0.39 is 0 Å². The number of pyridine rings is 1. The Morgan fingerprint density at radius 1 is 1.29 bits per heavy atom. The first-order valence-electron chi connectivity index (χ1n) is 8.85. The zero-order valence-corrected chi connectivity index (χ0v) is 13.5. The van der Waals surface area contributed by atoms with Crippen LogP contribution in [-0.4, -0.2) is 32.5 Å². The first kappa shape index (κ1) is 14.1. The summed E-state index contributed by atoms with van der Waals surface area (Å²) in [7, 11) is 0. The molecule has 0 radical (unpaired) electrons. The standard InChI is InChI=1S/C18H20N4O2/c23-18(14-9-13(14)12-3-1-7-19-10-12)22-8-2-4-15(22)16-20-17(24-21-16)11-5-6-11/h1,3,7,10-11,13-15H,2,4-6,8-9H2/t13-,14+,15-/m0/s1. The molecule has 3 fully saturated rings. The zero-order chi connectivity index (χ0) is 16.1. The van der Waals surface area contributed by atoms with Gasteiger partial charge in [0.1, 0.15) is 0 Å². The molecule has 6 heteroatoms. The molecule has 1 saturated heterocycles. The summed E-state index contributed by atoms with van der Waals surface area (Å²) in [6.45, 7) is 0.799. The van der Waals surface area contributed by atoms with Crippen LogP contribution in [-0.2, 0) is 4.79 Å². The molecule has 2 aromatic heterocycles. The molecule has 0 unspecified atom stereocenters. The topological polar surface area (TPSA) is 72.1 Å². The van der Waals surface area contributed by atoms with Crippen LogP contribution in [0.25, 0.3) is 0 Å². The van der Waals surface area contributed by atoms with Gasteiger partial charge in [-0.05, 0) is 49.7 Å².